The number of Topliss-reactive ketones (excluding diaryl/α,β-unsaturated/α-hetero) is 1. The van der Waals surface area contributed by atoms with Crippen molar-refractivity contribution in [3.8, 4) is 22.4 Å². The van der Waals surface area contributed by atoms with Gasteiger partial charge in [-0.1, -0.05) is 36.4 Å². The van der Waals surface area contributed by atoms with Crippen molar-refractivity contribution >= 4 is 23.2 Å². The highest BCUT2D eigenvalue weighted by Crippen LogP contribution is 2.34. The molecule has 0 bridgehead atoms. The summed E-state index contributed by atoms with van der Waals surface area (Å²) in [5, 5.41) is 13.6. The first kappa shape index (κ1) is 22.7. The van der Waals surface area contributed by atoms with Crippen molar-refractivity contribution in [1.29, 1.82) is 0 Å². The SMILES string of the molecule is CC(=O)c1c(C2CCN(C(=O)CO)CC2)nc2c(-c3ccc(-c4ccccc4)nc3)cnn2c1N. The lowest BCUT2D eigenvalue weighted by atomic mass is 9.89. The number of carbonyl (C=O) groups is 2. The van der Waals surface area contributed by atoms with Gasteiger partial charge in [0.25, 0.3) is 0 Å². The maximum Gasteiger partial charge on any atom is 0.248 e. The monoisotopic (exact) mass is 470 g/mol. The molecule has 0 atom stereocenters. The first-order chi connectivity index (χ1) is 17.0. The van der Waals surface area contributed by atoms with E-state index in [1.165, 1.54) is 11.4 Å². The van der Waals surface area contributed by atoms with Gasteiger partial charge < -0.3 is 15.7 Å². The van der Waals surface area contributed by atoms with Crippen molar-refractivity contribution in [2.45, 2.75) is 25.7 Å². The second kappa shape index (κ2) is 9.27. The largest absolute Gasteiger partial charge is 0.387 e. The van der Waals surface area contributed by atoms with E-state index in [-0.39, 0.29) is 23.4 Å². The molecule has 1 amide bonds. The summed E-state index contributed by atoms with van der Waals surface area (Å²) in [5.41, 5.74) is 11.5. The first-order valence-electron chi connectivity index (χ1n) is 11.6. The third-order valence-corrected chi connectivity index (χ3v) is 6.58. The zero-order valence-corrected chi connectivity index (χ0v) is 19.4. The minimum atomic E-state index is -0.503. The molecule has 1 saturated heterocycles. The summed E-state index contributed by atoms with van der Waals surface area (Å²) in [7, 11) is 0. The number of hydrogen-bond donors (Lipinski definition) is 2. The van der Waals surface area contributed by atoms with Gasteiger partial charge in [0, 0.05) is 41.9 Å². The van der Waals surface area contributed by atoms with Gasteiger partial charge in [-0.2, -0.15) is 9.61 Å². The minimum absolute atomic E-state index is 0.0368. The van der Waals surface area contributed by atoms with E-state index in [4.69, 9.17) is 15.8 Å². The van der Waals surface area contributed by atoms with E-state index in [9.17, 15) is 9.59 Å². The number of pyridine rings is 1. The zero-order chi connectivity index (χ0) is 24.5. The topological polar surface area (TPSA) is 127 Å². The molecule has 178 valence electrons. The molecule has 1 aromatic carbocycles. The number of nitrogens with two attached hydrogens (primary N) is 1. The molecule has 1 fully saturated rings. The summed E-state index contributed by atoms with van der Waals surface area (Å²) < 4.78 is 1.51. The number of benzene rings is 1. The van der Waals surface area contributed by atoms with Crippen LogP contribution in [0.2, 0.25) is 0 Å². The van der Waals surface area contributed by atoms with Crippen molar-refractivity contribution in [3.05, 3.63) is 66.1 Å². The Balaban J connectivity index is 1.54. The zero-order valence-electron chi connectivity index (χ0n) is 19.4. The lowest BCUT2D eigenvalue weighted by Gasteiger charge is -2.32. The number of hydrogen-bond acceptors (Lipinski definition) is 7. The van der Waals surface area contributed by atoms with Gasteiger partial charge in [-0.3, -0.25) is 14.6 Å². The van der Waals surface area contributed by atoms with Crippen LogP contribution in [0.1, 0.15) is 41.7 Å². The number of aliphatic hydroxyl groups excluding tert-OH is 1. The van der Waals surface area contributed by atoms with Crippen LogP contribution in [0.3, 0.4) is 0 Å². The Labute approximate surface area is 202 Å². The second-order valence-electron chi connectivity index (χ2n) is 8.72. The minimum Gasteiger partial charge on any atom is -0.387 e. The number of fused-ring (bicyclic) bond motifs is 1. The number of piperidine rings is 1. The second-order valence-corrected chi connectivity index (χ2v) is 8.72. The van der Waals surface area contributed by atoms with Gasteiger partial charge in [0.1, 0.15) is 12.4 Å². The number of carbonyl (C=O) groups excluding carboxylic acids is 2. The van der Waals surface area contributed by atoms with Crippen LogP contribution >= 0.6 is 0 Å². The summed E-state index contributed by atoms with van der Waals surface area (Å²) in [6.45, 7) is 1.96. The van der Waals surface area contributed by atoms with E-state index in [1.807, 2.05) is 42.5 Å². The summed E-state index contributed by atoms with van der Waals surface area (Å²) in [6, 6.07) is 13.9. The van der Waals surface area contributed by atoms with E-state index in [1.54, 1.807) is 17.3 Å². The Hall–Kier alpha value is -4.11. The lowest BCUT2D eigenvalue weighted by molar-refractivity contribution is -0.135. The first-order valence-corrected chi connectivity index (χ1v) is 11.6. The molecular formula is C26H26N6O3. The van der Waals surface area contributed by atoms with Gasteiger partial charge in [-0.25, -0.2) is 4.98 Å². The predicted octanol–water partition coefficient (Wildman–Crippen LogP) is 2.94. The van der Waals surface area contributed by atoms with E-state index >= 15 is 0 Å². The molecule has 3 N–H and O–H groups in total. The highest BCUT2D eigenvalue weighted by molar-refractivity contribution is 6.00. The highest BCUT2D eigenvalue weighted by Gasteiger charge is 2.30. The molecule has 3 aromatic heterocycles. The molecule has 4 aromatic rings. The fraction of sp³-hybridized carbons (Fsp3) is 0.269. The standard InChI is InChI=1S/C26H26N6O3/c1-16(34)23-24(18-9-11-31(12-10-18)22(35)15-33)30-26-20(14-29-32(26)25(23)27)19-7-8-21(28-13-19)17-5-3-2-4-6-17/h2-8,13-14,18,33H,9-12,15,27H2,1H3. The molecule has 5 rings (SSSR count). The number of nitrogen functional groups attached to an aromatic ring is 1. The van der Waals surface area contributed by atoms with Crippen molar-refractivity contribution in [2.24, 2.45) is 0 Å². The highest BCUT2D eigenvalue weighted by atomic mass is 16.3. The number of rotatable bonds is 5. The van der Waals surface area contributed by atoms with Crippen LogP contribution in [0.4, 0.5) is 5.82 Å². The van der Waals surface area contributed by atoms with E-state index in [0.717, 1.165) is 22.4 Å². The molecular weight excluding hydrogens is 444 g/mol. The molecule has 0 spiro atoms. The van der Waals surface area contributed by atoms with Crippen LogP contribution in [0.25, 0.3) is 28.0 Å². The van der Waals surface area contributed by atoms with Crippen molar-refractivity contribution in [3.63, 3.8) is 0 Å². The summed E-state index contributed by atoms with van der Waals surface area (Å²) in [4.78, 5) is 35.6. The van der Waals surface area contributed by atoms with E-state index in [2.05, 4.69) is 10.1 Å². The number of amides is 1. The molecule has 35 heavy (non-hydrogen) atoms. The number of anilines is 1. The number of aromatic nitrogens is 4. The molecule has 1 aliphatic rings. The van der Waals surface area contributed by atoms with Crippen molar-refractivity contribution in [2.75, 3.05) is 25.4 Å². The van der Waals surface area contributed by atoms with Crippen molar-refractivity contribution < 1.29 is 14.7 Å². The quantitative estimate of drug-likeness (QED) is 0.429. The predicted molar refractivity (Wildman–Crippen MR) is 132 cm³/mol. The third kappa shape index (κ3) is 4.15. The van der Waals surface area contributed by atoms with Crippen LogP contribution in [0, 0.1) is 0 Å². The molecule has 1 aliphatic heterocycles. The summed E-state index contributed by atoms with van der Waals surface area (Å²) in [5.74, 6) is -0.244. The van der Waals surface area contributed by atoms with Gasteiger partial charge in [0.05, 0.1) is 23.1 Å². The Morgan fingerprint density at radius 3 is 2.43 bits per heavy atom. The number of aliphatic hydroxyl groups is 1. The molecule has 0 aliphatic carbocycles. The molecule has 0 radical (unpaired) electrons. The average molecular weight is 471 g/mol. The molecule has 9 nitrogen and oxygen atoms in total. The summed E-state index contributed by atoms with van der Waals surface area (Å²) >= 11 is 0. The Kier molecular flexibility index (Phi) is 6.00. The maximum atomic E-state index is 12.6. The van der Waals surface area contributed by atoms with Gasteiger partial charge in [0.2, 0.25) is 5.91 Å². The molecule has 0 unspecified atom stereocenters. The lowest BCUT2D eigenvalue weighted by Crippen LogP contribution is -2.39. The van der Waals surface area contributed by atoms with Gasteiger partial charge >= 0.3 is 0 Å². The third-order valence-electron chi connectivity index (χ3n) is 6.58. The molecule has 4 heterocycles. The van der Waals surface area contributed by atoms with Gasteiger partial charge in [0.15, 0.2) is 11.4 Å². The Morgan fingerprint density at radius 2 is 1.80 bits per heavy atom. The molecule has 0 saturated carbocycles. The Morgan fingerprint density at radius 1 is 1.06 bits per heavy atom. The summed E-state index contributed by atoms with van der Waals surface area (Å²) in [6.07, 6.45) is 4.74. The van der Waals surface area contributed by atoms with E-state index in [0.29, 0.717) is 42.8 Å². The fourth-order valence-corrected chi connectivity index (χ4v) is 4.73. The Bertz CT molecular complexity index is 1390. The van der Waals surface area contributed by atoms with Crippen LogP contribution in [-0.2, 0) is 4.79 Å². The maximum absolute atomic E-state index is 12.6. The normalized spacial score (nSPS) is 14.4. The van der Waals surface area contributed by atoms with Gasteiger partial charge in [-0.05, 0) is 25.8 Å². The van der Waals surface area contributed by atoms with Crippen molar-refractivity contribution in [1.82, 2.24) is 24.5 Å². The van der Waals surface area contributed by atoms with Crippen LogP contribution < -0.4 is 5.73 Å². The average Bonchev–Trinajstić information content (AvgIpc) is 3.33. The number of ketones is 1. The fourth-order valence-electron chi connectivity index (χ4n) is 4.73. The molecule has 9 heteroatoms. The number of likely N-dealkylation sites (tertiary alicyclic amines) is 1. The van der Waals surface area contributed by atoms with E-state index < -0.39 is 6.61 Å². The number of nitrogens with zero attached hydrogens (tertiary/aromatic N) is 5. The van der Waals surface area contributed by atoms with Crippen LogP contribution in [0.15, 0.2) is 54.9 Å². The smallest absolute Gasteiger partial charge is 0.248 e. The van der Waals surface area contributed by atoms with Crippen LogP contribution in [0.5, 0.6) is 0 Å². The van der Waals surface area contributed by atoms with Gasteiger partial charge in [-0.15, -0.1) is 0 Å². The van der Waals surface area contributed by atoms with Crippen LogP contribution in [-0.4, -0.2) is 61.0 Å².